The zero-order valence-corrected chi connectivity index (χ0v) is 20.8. The molecule has 35 heavy (non-hydrogen) atoms. The molecule has 1 atom stereocenters. The minimum atomic E-state index is -0.197. The smallest absolute Gasteiger partial charge is 0.255 e. The van der Waals surface area contributed by atoms with E-state index in [1.807, 2.05) is 81.4 Å². The molecule has 3 rings (SSSR count). The molecular formula is C29H32N2O4. The zero-order chi connectivity index (χ0) is 25.4. The number of amides is 2. The third-order valence-electron chi connectivity index (χ3n) is 5.56. The average molecular weight is 473 g/mol. The first-order valence-electron chi connectivity index (χ1n) is 11.5. The first-order valence-corrected chi connectivity index (χ1v) is 11.5. The van der Waals surface area contributed by atoms with Crippen LogP contribution in [0.5, 0.6) is 11.5 Å². The summed E-state index contributed by atoms with van der Waals surface area (Å²) in [5.41, 5.74) is 3.01. The number of anilines is 1. The summed E-state index contributed by atoms with van der Waals surface area (Å²) in [6, 6.07) is 21.9. The second-order valence-electron chi connectivity index (χ2n) is 8.48. The fourth-order valence-electron chi connectivity index (χ4n) is 3.51. The number of hydrogen-bond donors (Lipinski definition) is 1. The van der Waals surface area contributed by atoms with Crippen molar-refractivity contribution in [1.29, 1.82) is 0 Å². The lowest BCUT2D eigenvalue weighted by Crippen LogP contribution is -2.28. The maximum Gasteiger partial charge on any atom is 0.255 e. The summed E-state index contributed by atoms with van der Waals surface area (Å²) in [5.74, 6) is 0.959. The number of nitrogens with one attached hydrogen (secondary N) is 1. The van der Waals surface area contributed by atoms with Crippen LogP contribution < -0.4 is 14.8 Å². The molecule has 6 heteroatoms. The van der Waals surface area contributed by atoms with Crippen molar-refractivity contribution in [3.05, 3.63) is 95.6 Å². The van der Waals surface area contributed by atoms with Crippen molar-refractivity contribution in [2.24, 2.45) is 0 Å². The highest BCUT2D eigenvalue weighted by atomic mass is 16.5. The molecule has 182 valence electrons. The van der Waals surface area contributed by atoms with Crippen LogP contribution in [-0.2, 0) is 4.79 Å². The molecule has 0 aromatic heterocycles. The standard InChI is InChI=1S/C29H32N2O4/c1-20(2)35-26-16-14-22(18-27(26)34-5)15-17-28(32)31(4)21(3)24-12-9-13-25(19-24)30-29(33)23-10-7-6-8-11-23/h6-21H,1-5H3,(H,30,33)/b17-15+. The SMILES string of the molecule is COc1cc(/C=C/C(=O)N(C)C(C)c2cccc(NC(=O)c3ccccc3)c2)ccc1OC(C)C. The van der Waals surface area contributed by atoms with Crippen molar-refractivity contribution in [3.8, 4) is 11.5 Å². The molecule has 0 aliphatic carbocycles. The predicted molar refractivity (Wildman–Crippen MR) is 140 cm³/mol. The number of methoxy groups -OCH3 is 1. The van der Waals surface area contributed by atoms with E-state index in [4.69, 9.17) is 9.47 Å². The molecule has 1 unspecified atom stereocenters. The highest BCUT2D eigenvalue weighted by Crippen LogP contribution is 2.29. The van der Waals surface area contributed by atoms with E-state index >= 15 is 0 Å². The Bertz CT molecular complexity index is 1190. The predicted octanol–water partition coefficient (Wildman–Crippen LogP) is 5.97. The zero-order valence-electron chi connectivity index (χ0n) is 20.8. The Labute approximate surface area is 207 Å². The number of ether oxygens (including phenoxy) is 2. The summed E-state index contributed by atoms with van der Waals surface area (Å²) < 4.78 is 11.2. The number of nitrogens with zero attached hydrogens (tertiary/aromatic N) is 1. The van der Waals surface area contributed by atoms with Crippen LogP contribution in [0.3, 0.4) is 0 Å². The van der Waals surface area contributed by atoms with Crippen LogP contribution in [0.2, 0.25) is 0 Å². The van der Waals surface area contributed by atoms with Crippen molar-refractivity contribution in [2.45, 2.75) is 32.9 Å². The van der Waals surface area contributed by atoms with Gasteiger partial charge in [0.1, 0.15) is 0 Å². The van der Waals surface area contributed by atoms with Gasteiger partial charge in [-0.3, -0.25) is 9.59 Å². The Balaban J connectivity index is 1.67. The maximum atomic E-state index is 12.9. The van der Waals surface area contributed by atoms with Gasteiger partial charge in [-0.25, -0.2) is 0 Å². The Kier molecular flexibility index (Phi) is 8.68. The Hall–Kier alpha value is -4.06. The Morgan fingerprint density at radius 3 is 2.34 bits per heavy atom. The third-order valence-corrected chi connectivity index (χ3v) is 5.56. The number of rotatable bonds is 9. The highest BCUT2D eigenvalue weighted by Gasteiger charge is 2.16. The quantitative estimate of drug-likeness (QED) is 0.390. The maximum absolute atomic E-state index is 12.9. The molecule has 3 aromatic carbocycles. The number of benzene rings is 3. The number of likely N-dealkylation sites (N-methyl/N-ethyl adjacent to an activating group) is 1. The van der Waals surface area contributed by atoms with Gasteiger partial charge < -0.3 is 19.7 Å². The lowest BCUT2D eigenvalue weighted by atomic mass is 10.1. The fourth-order valence-corrected chi connectivity index (χ4v) is 3.51. The van der Waals surface area contributed by atoms with Crippen molar-refractivity contribution < 1.29 is 19.1 Å². The van der Waals surface area contributed by atoms with Gasteiger partial charge in [0, 0.05) is 24.4 Å². The van der Waals surface area contributed by atoms with Gasteiger partial charge >= 0.3 is 0 Å². The summed E-state index contributed by atoms with van der Waals surface area (Å²) >= 11 is 0. The molecule has 0 spiro atoms. The first kappa shape index (κ1) is 25.6. The van der Waals surface area contributed by atoms with Crippen molar-refractivity contribution >= 4 is 23.6 Å². The number of carbonyl (C=O) groups is 2. The summed E-state index contributed by atoms with van der Waals surface area (Å²) in [4.78, 5) is 27.0. The molecule has 0 radical (unpaired) electrons. The molecule has 0 aliphatic rings. The van der Waals surface area contributed by atoms with Gasteiger partial charge in [0.05, 0.1) is 19.3 Å². The van der Waals surface area contributed by atoms with Gasteiger partial charge in [-0.05, 0) is 74.4 Å². The van der Waals surface area contributed by atoms with Gasteiger partial charge in [0.2, 0.25) is 5.91 Å². The fraction of sp³-hybridized carbons (Fsp3) is 0.241. The van der Waals surface area contributed by atoms with Crippen LogP contribution in [0.1, 0.15) is 48.3 Å². The van der Waals surface area contributed by atoms with Crippen LogP contribution in [-0.4, -0.2) is 37.0 Å². The van der Waals surface area contributed by atoms with E-state index in [9.17, 15) is 9.59 Å². The molecule has 1 N–H and O–H groups in total. The van der Waals surface area contributed by atoms with Gasteiger partial charge in [-0.15, -0.1) is 0 Å². The molecule has 0 heterocycles. The van der Waals surface area contributed by atoms with Gasteiger partial charge in [0.15, 0.2) is 11.5 Å². The number of carbonyl (C=O) groups excluding carboxylic acids is 2. The van der Waals surface area contributed by atoms with Crippen LogP contribution in [0.15, 0.2) is 78.9 Å². The van der Waals surface area contributed by atoms with E-state index in [1.54, 1.807) is 37.3 Å². The highest BCUT2D eigenvalue weighted by molar-refractivity contribution is 6.04. The summed E-state index contributed by atoms with van der Waals surface area (Å²) in [6.07, 6.45) is 3.33. The summed E-state index contributed by atoms with van der Waals surface area (Å²) in [7, 11) is 3.35. The number of hydrogen-bond acceptors (Lipinski definition) is 4. The van der Waals surface area contributed by atoms with Gasteiger partial charge in [-0.2, -0.15) is 0 Å². The monoisotopic (exact) mass is 472 g/mol. The largest absolute Gasteiger partial charge is 0.493 e. The first-order chi connectivity index (χ1) is 16.8. The molecule has 6 nitrogen and oxygen atoms in total. The van der Waals surface area contributed by atoms with Gasteiger partial charge in [-0.1, -0.05) is 36.4 Å². The minimum absolute atomic E-state index is 0.0344. The Morgan fingerprint density at radius 2 is 1.66 bits per heavy atom. The van der Waals surface area contributed by atoms with Crippen LogP contribution in [0.4, 0.5) is 5.69 Å². The summed E-state index contributed by atoms with van der Waals surface area (Å²) in [5, 5.41) is 2.92. The molecule has 0 saturated heterocycles. The van der Waals surface area contributed by atoms with Crippen LogP contribution in [0, 0.1) is 0 Å². The molecule has 0 bridgehead atoms. The van der Waals surface area contributed by atoms with Crippen LogP contribution >= 0.6 is 0 Å². The Morgan fingerprint density at radius 1 is 0.914 bits per heavy atom. The van der Waals surface area contributed by atoms with E-state index in [-0.39, 0.29) is 24.0 Å². The van der Waals surface area contributed by atoms with Gasteiger partial charge in [0.25, 0.3) is 5.91 Å². The second kappa shape index (κ2) is 11.9. The lowest BCUT2D eigenvalue weighted by Gasteiger charge is -2.24. The van der Waals surface area contributed by atoms with E-state index < -0.39 is 0 Å². The van der Waals surface area contributed by atoms with Crippen molar-refractivity contribution in [3.63, 3.8) is 0 Å². The molecule has 3 aromatic rings. The molecule has 0 saturated carbocycles. The van der Waals surface area contributed by atoms with E-state index in [0.29, 0.717) is 22.7 Å². The minimum Gasteiger partial charge on any atom is -0.493 e. The average Bonchev–Trinajstić information content (AvgIpc) is 2.87. The van der Waals surface area contributed by atoms with E-state index in [0.717, 1.165) is 11.1 Å². The lowest BCUT2D eigenvalue weighted by molar-refractivity contribution is -0.126. The van der Waals surface area contributed by atoms with Crippen molar-refractivity contribution in [2.75, 3.05) is 19.5 Å². The summed E-state index contributed by atoms with van der Waals surface area (Å²) in [6.45, 7) is 5.86. The van der Waals surface area contributed by atoms with E-state index in [1.165, 1.54) is 6.08 Å². The van der Waals surface area contributed by atoms with Crippen LogP contribution in [0.25, 0.3) is 6.08 Å². The molecule has 0 aliphatic heterocycles. The topological polar surface area (TPSA) is 67.9 Å². The third kappa shape index (κ3) is 6.96. The molecule has 0 fully saturated rings. The van der Waals surface area contributed by atoms with E-state index in [2.05, 4.69) is 5.32 Å². The van der Waals surface area contributed by atoms with Crippen molar-refractivity contribution in [1.82, 2.24) is 4.90 Å². The normalized spacial score (nSPS) is 11.8. The second-order valence-corrected chi connectivity index (χ2v) is 8.48. The molecule has 2 amide bonds. The molecular weight excluding hydrogens is 440 g/mol.